The molecule has 0 atom stereocenters. The van der Waals surface area contributed by atoms with Crippen molar-refractivity contribution in [3.63, 3.8) is 0 Å². The lowest BCUT2D eigenvalue weighted by molar-refractivity contribution is 0.421. The van der Waals surface area contributed by atoms with E-state index in [0.717, 1.165) is 6.07 Å². The Hall–Kier alpha value is -2.37. The summed E-state index contributed by atoms with van der Waals surface area (Å²) in [6.07, 6.45) is 2.71. The highest BCUT2D eigenvalue weighted by Crippen LogP contribution is 2.25. The summed E-state index contributed by atoms with van der Waals surface area (Å²) < 4.78 is 18.6. The number of aromatic amines is 1. The molecule has 2 rings (SSSR count). The smallest absolute Gasteiger partial charge is 0.311 e. The van der Waals surface area contributed by atoms with Gasteiger partial charge in [0.25, 0.3) is 5.88 Å². The van der Waals surface area contributed by atoms with E-state index in [1.165, 1.54) is 18.5 Å². The lowest BCUT2D eigenvalue weighted by atomic mass is 10.2. The van der Waals surface area contributed by atoms with Gasteiger partial charge in [0.05, 0.1) is 0 Å². The van der Waals surface area contributed by atoms with Crippen molar-refractivity contribution in [2.24, 2.45) is 0 Å². The molecule has 2 aromatic rings. The van der Waals surface area contributed by atoms with Crippen molar-refractivity contribution >= 4 is 5.69 Å². The molecule has 0 unspecified atom stereocenters. The molecule has 0 saturated carbocycles. The molecule has 0 aliphatic rings. The van der Waals surface area contributed by atoms with E-state index < -0.39 is 11.4 Å². The average Bonchev–Trinajstić information content (AvgIpc) is 2.29. The van der Waals surface area contributed by atoms with Gasteiger partial charge < -0.3 is 15.5 Å². The molecule has 3 N–H and O–H groups in total. The van der Waals surface area contributed by atoms with Gasteiger partial charge in [-0.05, 0) is 18.6 Å². The van der Waals surface area contributed by atoms with Gasteiger partial charge >= 0.3 is 5.56 Å². The number of H-pyrrole nitrogens is 1. The molecule has 6 heteroatoms. The van der Waals surface area contributed by atoms with Gasteiger partial charge in [0.15, 0.2) is 11.6 Å². The molecule has 0 spiro atoms. The van der Waals surface area contributed by atoms with Gasteiger partial charge in [-0.3, -0.25) is 4.79 Å². The first-order chi connectivity index (χ1) is 8.08. The van der Waals surface area contributed by atoms with Crippen molar-refractivity contribution in [1.29, 1.82) is 0 Å². The highest BCUT2D eigenvalue weighted by atomic mass is 19.1. The van der Waals surface area contributed by atoms with Gasteiger partial charge in [0.1, 0.15) is 0 Å². The minimum absolute atomic E-state index is 0.0825. The van der Waals surface area contributed by atoms with Gasteiger partial charge in [-0.15, -0.1) is 0 Å². The topological polar surface area (TPSA) is 81.0 Å². The van der Waals surface area contributed by atoms with Crippen LogP contribution in [0.15, 0.2) is 29.3 Å². The van der Waals surface area contributed by atoms with Crippen LogP contribution in [0.1, 0.15) is 5.56 Å². The van der Waals surface area contributed by atoms with Crippen molar-refractivity contribution in [1.82, 2.24) is 9.97 Å². The minimum Gasteiger partial charge on any atom is -0.431 e. The predicted molar refractivity (Wildman–Crippen MR) is 60.5 cm³/mol. The number of nitrogens with one attached hydrogen (secondary N) is 1. The van der Waals surface area contributed by atoms with Crippen LogP contribution in [-0.2, 0) is 0 Å². The SMILES string of the molecule is Cc1cc(Oc2ncc[nH]c2=O)c(F)cc1N. The molecule has 1 heterocycles. The molecule has 0 aliphatic carbocycles. The van der Waals surface area contributed by atoms with Crippen LogP contribution in [0, 0.1) is 12.7 Å². The van der Waals surface area contributed by atoms with Crippen LogP contribution in [-0.4, -0.2) is 9.97 Å². The predicted octanol–water partition coefficient (Wildman–Crippen LogP) is 1.59. The van der Waals surface area contributed by atoms with Crippen LogP contribution in [0.2, 0.25) is 0 Å². The molecule has 0 aliphatic heterocycles. The fourth-order valence-electron chi connectivity index (χ4n) is 1.26. The number of aryl methyl sites for hydroxylation is 1. The molecular formula is C11H10FN3O2. The van der Waals surface area contributed by atoms with E-state index in [1.807, 2.05) is 0 Å². The maximum absolute atomic E-state index is 13.5. The second-order valence-corrected chi connectivity index (χ2v) is 3.46. The fraction of sp³-hybridized carbons (Fsp3) is 0.0909. The van der Waals surface area contributed by atoms with E-state index in [4.69, 9.17) is 10.5 Å². The maximum Gasteiger partial charge on any atom is 0.311 e. The van der Waals surface area contributed by atoms with E-state index in [9.17, 15) is 9.18 Å². The summed E-state index contributed by atoms with van der Waals surface area (Å²) in [7, 11) is 0. The normalized spacial score (nSPS) is 10.2. The first-order valence-electron chi connectivity index (χ1n) is 4.85. The number of hydrogen-bond donors (Lipinski definition) is 2. The zero-order valence-electron chi connectivity index (χ0n) is 9.03. The summed E-state index contributed by atoms with van der Waals surface area (Å²) in [5, 5.41) is 0. The Bertz CT molecular complexity index is 610. The summed E-state index contributed by atoms with van der Waals surface area (Å²) in [4.78, 5) is 17.4. The summed E-state index contributed by atoms with van der Waals surface area (Å²) in [6, 6.07) is 2.56. The summed E-state index contributed by atoms with van der Waals surface area (Å²) >= 11 is 0. The molecule has 0 bridgehead atoms. The second kappa shape index (κ2) is 4.25. The van der Waals surface area contributed by atoms with Gasteiger partial charge in [-0.1, -0.05) is 0 Å². The molecule has 0 saturated heterocycles. The third kappa shape index (κ3) is 2.25. The van der Waals surface area contributed by atoms with Gasteiger partial charge in [-0.2, -0.15) is 0 Å². The monoisotopic (exact) mass is 235 g/mol. The molecule has 0 fully saturated rings. The third-order valence-corrected chi connectivity index (χ3v) is 2.20. The highest BCUT2D eigenvalue weighted by Gasteiger charge is 2.10. The van der Waals surface area contributed by atoms with Gasteiger partial charge in [-0.25, -0.2) is 9.37 Å². The van der Waals surface area contributed by atoms with Crippen LogP contribution in [0.25, 0.3) is 0 Å². The largest absolute Gasteiger partial charge is 0.431 e. The Morgan fingerprint density at radius 2 is 2.24 bits per heavy atom. The van der Waals surface area contributed by atoms with Crippen molar-refractivity contribution in [3.05, 3.63) is 46.3 Å². The number of anilines is 1. The van der Waals surface area contributed by atoms with Gasteiger partial charge in [0, 0.05) is 24.1 Å². The van der Waals surface area contributed by atoms with Crippen LogP contribution >= 0.6 is 0 Å². The number of nitrogens with two attached hydrogens (primary N) is 1. The third-order valence-electron chi connectivity index (χ3n) is 2.20. The Labute approximate surface area is 96.1 Å². The lowest BCUT2D eigenvalue weighted by Gasteiger charge is -2.07. The Morgan fingerprint density at radius 3 is 2.94 bits per heavy atom. The zero-order chi connectivity index (χ0) is 12.4. The molecular weight excluding hydrogens is 225 g/mol. The number of nitrogen functional groups attached to an aromatic ring is 1. The number of aromatic nitrogens is 2. The van der Waals surface area contributed by atoms with Crippen molar-refractivity contribution in [2.45, 2.75) is 6.92 Å². The number of halogens is 1. The van der Waals surface area contributed by atoms with E-state index in [1.54, 1.807) is 6.92 Å². The quantitative estimate of drug-likeness (QED) is 0.774. The average molecular weight is 235 g/mol. The van der Waals surface area contributed by atoms with Crippen LogP contribution in [0.4, 0.5) is 10.1 Å². The molecule has 0 radical (unpaired) electrons. The van der Waals surface area contributed by atoms with Crippen LogP contribution in [0.3, 0.4) is 0 Å². The number of rotatable bonds is 2. The minimum atomic E-state index is -0.641. The van der Waals surface area contributed by atoms with Crippen molar-refractivity contribution in [2.75, 3.05) is 5.73 Å². The van der Waals surface area contributed by atoms with Gasteiger partial charge in [0.2, 0.25) is 0 Å². The Kier molecular flexibility index (Phi) is 2.78. The number of benzene rings is 1. The lowest BCUT2D eigenvalue weighted by Crippen LogP contribution is -2.10. The fourth-order valence-corrected chi connectivity index (χ4v) is 1.26. The van der Waals surface area contributed by atoms with E-state index >= 15 is 0 Å². The van der Waals surface area contributed by atoms with Crippen molar-refractivity contribution in [3.8, 4) is 11.6 Å². The molecule has 5 nitrogen and oxygen atoms in total. The maximum atomic E-state index is 13.5. The molecule has 88 valence electrons. The van der Waals surface area contributed by atoms with Crippen LogP contribution < -0.4 is 16.0 Å². The first kappa shape index (κ1) is 11.1. The molecule has 0 amide bonds. The summed E-state index contributed by atoms with van der Waals surface area (Å²) in [5.74, 6) is -0.936. The molecule has 17 heavy (non-hydrogen) atoms. The van der Waals surface area contributed by atoms with E-state index in [0.29, 0.717) is 11.3 Å². The number of ether oxygens (including phenoxy) is 1. The number of hydrogen-bond acceptors (Lipinski definition) is 4. The zero-order valence-corrected chi connectivity index (χ0v) is 9.03. The highest BCUT2D eigenvalue weighted by molar-refractivity contribution is 5.50. The molecule has 1 aromatic carbocycles. The van der Waals surface area contributed by atoms with Crippen molar-refractivity contribution < 1.29 is 9.13 Å². The molecule has 1 aromatic heterocycles. The van der Waals surface area contributed by atoms with E-state index in [-0.39, 0.29) is 11.6 Å². The second-order valence-electron chi connectivity index (χ2n) is 3.46. The first-order valence-corrected chi connectivity index (χ1v) is 4.85. The Balaban J connectivity index is 2.40. The summed E-state index contributed by atoms with van der Waals surface area (Å²) in [5.41, 5.74) is 5.99. The van der Waals surface area contributed by atoms with E-state index in [2.05, 4.69) is 9.97 Å². The Morgan fingerprint density at radius 1 is 1.47 bits per heavy atom. The summed E-state index contributed by atoms with van der Waals surface area (Å²) in [6.45, 7) is 1.71. The van der Waals surface area contributed by atoms with Crippen LogP contribution in [0.5, 0.6) is 11.6 Å². The standard InChI is InChI=1S/C11H10FN3O2/c1-6-4-9(7(12)5-8(6)13)17-11-10(16)14-2-3-15-11/h2-5H,13H2,1H3,(H,14,16). The number of nitrogens with zero attached hydrogens (tertiary/aromatic N) is 1.